The summed E-state index contributed by atoms with van der Waals surface area (Å²) in [5.41, 5.74) is 4.63. The zero-order valence-corrected chi connectivity index (χ0v) is 12.7. The zero-order chi connectivity index (χ0) is 13.0. The lowest BCUT2D eigenvalue weighted by atomic mass is 9.98. The van der Waals surface area contributed by atoms with E-state index in [4.69, 9.17) is 0 Å². The number of benzene rings is 1. The lowest BCUT2D eigenvalue weighted by Gasteiger charge is -2.28. The fraction of sp³-hybridized carbons (Fsp3) is 0.625. The molecule has 1 aromatic rings. The van der Waals surface area contributed by atoms with Crippen molar-refractivity contribution in [3.63, 3.8) is 0 Å². The van der Waals surface area contributed by atoms with E-state index < -0.39 is 0 Å². The van der Waals surface area contributed by atoms with Crippen molar-refractivity contribution in [2.75, 3.05) is 6.54 Å². The van der Waals surface area contributed by atoms with Crippen molar-refractivity contribution in [2.45, 2.75) is 58.2 Å². The first-order valence-electron chi connectivity index (χ1n) is 7.37. The Morgan fingerprint density at radius 3 is 2.67 bits per heavy atom. The Bertz CT molecular complexity index is 385. The van der Waals surface area contributed by atoms with Crippen molar-refractivity contribution in [2.24, 2.45) is 0 Å². The molecule has 0 saturated heterocycles. The van der Waals surface area contributed by atoms with Crippen LogP contribution in [0.5, 0.6) is 0 Å². The molecule has 18 heavy (non-hydrogen) atoms. The summed E-state index contributed by atoms with van der Waals surface area (Å²) in [6, 6.07) is 7.05. The third-order valence-electron chi connectivity index (χ3n) is 3.48. The normalized spacial score (nSPS) is 18.8. The SMILES string of the molecule is CC.CCc1ccc2c(c1)CCN(SC1CC1)C2. The first kappa shape index (κ1) is 14.0. The molecule has 1 fully saturated rings. The number of rotatable bonds is 3. The van der Waals surface area contributed by atoms with Crippen LogP contribution in [0.2, 0.25) is 0 Å². The summed E-state index contributed by atoms with van der Waals surface area (Å²) in [6.45, 7) is 8.63. The van der Waals surface area contributed by atoms with Crippen LogP contribution >= 0.6 is 11.9 Å². The molecule has 0 atom stereocenters. The molecule has 1 aliphatic heterocycles. The minimum absolute atomic E-state index is 0.941. The third kappa shape index (κ3) is 3.52. The standard InChI is InChI=1S/C14H19NS.C2H6/c1-2-11-3-4-13-10-15(16-14-5-6-14)8-7-12(13)9-11;1-2/h3-4,9,14H,2,5-8,10H2,1H3;1-2H3. The van der Waals surface area contributed by atoms with Gasteiger partial charge >= 0.3 is 0 Å². The highest BCUT2D eigenvalue weighted by molar-refractivity contribution is 7.97. The van der Waals surface area contributed by atoms with Crippen molar-refractivity contribution in [3.8, 4) is 0 Å². The average Bonchev–Trinajstić information content (AvgIpc) is 3.24. The molecule has 1 saturated carbocycles. The highest BCUT2D eigenvalue weighted by Gasteiger charge is 2.27. The molecule has 1 nitrogen and oxygen atoms in total. The first-order valence-corrected chi connectivity index (χ1v) is 8.21. The van der Waals surface area contributed by atoms with Gasteiger partial charge < -0.3 is 0 Å². The van der Waals surface area contributed by atoms with E-state index in [1.165, 1.54) is 31.4 Å². The molecule has 0 aromatic heterocycles. The molecule has 1 aliphatic carbocycles. The molecule has 1 aromatic carbocycles. The van der Waals surface area contributed by atoms with Gasteiger partial charge in [-0.15, -0.1) is 0 Å². The number of fused-ring (bicyclic) bond motifs is 1. The summed E-state index contributed by atoms with van der Waals surface area (Å²) >= 11 is 2.09. The van der Waals surface area contributed by atoms with Crippen LogP contribution in [0.4, 0.5) is 0 Å². The summed E-state index contributed by atoms with van der Waals surface area (Å²) in [5, 5.41) is 0.941. The Labute approximate surface area is 116 Å². The molecule has 0 bridgehead atoms. The molecule has 2 aliphatic rings. The Kier molecular flexibility index (Phi) is 5.13. The summed E-state index contributed by atoms with van der Waals surface area (Å²) in [6.07, 6.45) is 5.27. The summed E-state index contributed by atoms with van der Waals surface area (Å²) in [5.74, 6) is 0. The van der Waals surface area contributed by atoms with Crippen LogP contribution in [0.25, 0.3) is 0 Å². The highest BCUT2D eigenvalue weighted by Crippen LogP contribution is 2.38. The van der Waals surface area contributed by atoms with Crippen molar-refractivity contribution in [1.82, 2.24) is 4.31 Å². The second-order valence-electron chi connectivity index (χ2n) is 4.87. The van der Waals surface area contributed by atoms with Crippen molar-refractivity contribution in [3.05, 3.63) is 34.9 Å². The van der Waals surface area contributed by atoms with Gasteiger partial charge in [-0.2, -0.15) is 0 Å². The van der Waals surface area contributed by atoms with Crippen molar-refractivity contribution in [1.29, 1.82) is 0 Å². The molecule has 1 heterocycles. The van der Waals surface area contributed by atoms with E-state index in [2.05, 4.69) is 41.4 Å². The summed E-state index contributed by atoms with van der Waals surface area (Å²) in [4.78, 5) is 0. The quantitative estimate of drug-likeness (QED) is 0.742. The van der Waals surface area contributed by atoms with E-state index in [-0.39, 0.29) is 0 Å². The molecule has 0 amide bonds. The molecular weight excluding hydrogens is 238 g/mol. The van der Waals surface area contributed by atoms with E-state index in [0.717, 1.165) is 18.2 Å². The lowest BCUT2D eigenvalue weighted by molar-refractivity contribution is 0.444. The van der Waals surface area contributed by atoms with Crippen molar-refractivity contribution < 1.29 is 0 Å². The largest absolute Gasteiger partial charge is 0.246 e. The first-order chi connectivity index (χ1) is 8.85. The predicted molar refractivity (Wildman–Crippen MR) is 81.9 cm³/mol. The van der Waals surface area contributed by atoms with Crippen LogP contribution in [-0.2, 0) is 19.4 Å². The molecule has 2 heteroatoms. The van der Waals surface area contributed by atoms with Gasteiger partial charge in [0.1, 0.15) is 0 Å². The molecule has 100 valence electrons. The van der Waals surface area contributed by atoms with Gasteiger partial charge in [0.15, 0.2) is 0 Å². The second kappa shape index (κ2) is 6.63. The van der Waals surface area contributed by atoms with Gasteiger partial charge in [-0.05, 0) is 42.4 Å². The average molecular weight is 263 g/mol. The van der Waals surface area contributed by atoms with Crippen LogP contribution in [0.1, 0.15) is 50.3 Å². The van der Waals surface area contributed by atoms with Crippen LogP contribution in [0.15, 0.2) is 18.2 Å². The number of aryl methyl sites for hydroxylation is 1. The van der Waals surface area contributed by atoms with Crippen LogP contribution in [0.3, 0.4) is 0 Å². The number of nitrogens with zero attached hydrogens (tertiary/aromatic N) is 1. The maximum atomic E-state index is 2.56. The number of hydrogen-bond donors (Lipinski definition) is 0. The highest BCUT2D eigenvalue weighted by atomic mass is 32.2. The number of hydrogen-bond acceptors (Lipinski definition) is 2. The Hall–Kier alpha value is -0.470. The minimum Gasteiger partial charge on any atom is -0.246 e. The van der Waals surface area contributed by atoms with E-state index in [0.29, 0.717) is 0 Å². The van der Waals surface area contributed by atoms with Crippen LogP contribution in [-0.4, -0.2) is 16.1 Å². The fourth-order valence-electron chi connectivity index (χ4n) is 2.27. The molecule has 0 unspecified atom stereocenters. The van der Waals surface area contributed by atoms with Crippen LogP contribution < -0.4 is 0 Å². The van der Waals surface area contributed by atoms with Gasteiger partial charge in [-0.25, -0.2) is 4.31 Å². The van der Waals surface area contributed by atoms with Gasteiger partial charge in [0, 0.05) is 18.3 Å². The van der Waals surface area contributed by atoms with Gasteiger partial charge in [0.25, 0.3) is 0 Å². The minimum atomic E-state index is 0.941. The van der Waals surface area contributed by atoms with E-state index in [1.807, 2.05) is 13.8 Å². The Morgan fingerprint density at radius 2 is 2.00 bits per heavy atom. The molecular formula is C16H25NS. The van der Waals surface area contributed by atoms with E-state index in [9.17, 15) is 0 Å². The van der Waals surface area contributed by atoms with Gasteiger partial charge in [0.2, 0.25) is 0 Å². The zero-order valence-electron chi connectivity index (χ0n) is 11.9. The van der Waals surface area contributed by atoms with Gasteiger partial charge in [-0.3, -0.25) is 0 Å². The van der Waals surface area contributed by atoms with Crippen molar-refractivity contribution >= 4 is 11.9 Å². The Balaban J connectivity index is 0.000000574. The molecule has 3 rings (SSSR count). The Morgan fingerprint density at radius 1 is 1.22 bits per heavy atom. The topological polar surface area (TPSA) is 3.24 Å². The second-order valence-corrected chi connectivity index (χ2v) is 6.27. The maximum Gasteiger partial charge on any atom is 0.0343 e. The third-order valence-corrected chi connectivity index (χ3v) is 4.86. The fourth-order valence-corrected chi connectivity index (χ4v) is 3.45. The lowest BCUT2D eigenvalue weighted by Crippen LogP contribution is -2.25. The predicted octanol–water partition coefficient (Wildman–Crippen LogP) is 4.44. The molecule has 0 spiro atoms. The van der Waals surface area contributed by atoms with E-state index >= 15 is 0 Å². The van der Waals surface area contributed by atoms with Gasteiger partial charge in [-0.1, -0.05) is 50.9 Å². The van der Waals surface area contributed by atoms with Gasteiger partial charge in [0.05, 0.1) is 0 Å². The van der Waals surface area contributed by atoms with Crippen LogP contribution in [0, 0.1) is 0 Å². The smallest absolute Gasteiger partial charge is 0.0343 e. The molecule has 0 radical (unpaired) electrons. The monoisotopic (exact) mass is 263 g/mol. The maximum absolute atomic E-state index is 2.56. The summed E-state index contributed by atoms with van der Waals surface area (Å²) < 4.78 is 2.56. The molecule has 0 N–H and O–H groups in total. The summed E-state index contributed by atoms with van der Waals surface area (Å²) in [7, 11) is 0. The van der Waals surface area contributed by atoms with E-state index in [1.54, 1.807) is 11.1 Å².